The second-order valence-corrected chi connectivity index (χ2v) is 2.39. The zero-order chi connectivity index (χ0) is 9.52. The van der Waals surface area contributed by atoms with Gasteiger partial charge in [-0.25, -0.2) is 5.48 Å². The number of benzene rings is 1. The number of nitrogens with one attached hydrogen (secondary N) is 1. The van der Waals surface area contributed by atoms with Gasteiger partial charge in [-0.05, 0) is 11.6 Å². The molecule has 0 heterocycles. The molecule has 0 aliphatic rings. The van der Waals surface area contributed by atoms with E-state index in [0.717, 1.165) is 11.8 Å². The van der Waals surface area contributed by atoms with Crippen LogP contribution in [0.3, 0.4) is 0 Å². The number of aldehydes is 1. The number of rotatable bonds is 5. The normalized spacial score (nSPS) is 9.23. The van der Waals surface area contributed by atoms with Crippen molar-refractivity contribution in [2.24, 2.45) is 0 Å². The monoisotopic (exact) mass is 179 g/mol. The van der Waals surface area contributed by atoms with E-state index in [2.05, 4.69) is 5.48 Å². The van der Waals surface area contributed by atoms with Crippen LogP contribution in [0.15, 0.2) is 24.3 Å². The highest BCUT2D eigenvalue weighted by atomic mass is 16.6. The Labute approximate surface area is 75.5 Å². The fourth-order valence-electron chi connectivity index (χ4n) is 0.915. The lowest BCUT2D eigenvalue weighted by Gasteiger charge is -2.01. The Morgan fingerprint density at radius 2 is 2.23 bits per heavy atom. The van der Waals surface area contributed by atoms with Crippen molar-refractivity contribution in [3.8, 4) is 0 Å². The molecule has 0 aliphatic carbocycles. The highest BCUT2D eigenvalue weighted by Gasteiger charge is 1.94. The Bertz CT molecular complexity index is 299. The highest BCUT2D eigenvalue weighted by molar-refractivity contribution is 5.74. The molecule has 0 aliphatic heterocycles. The summed E-state index contributed by atoms with van der Waals surface area (Å²) < 4.78 is 0. The van der Waals surface area contributed by atoms with Gasteiger partial charge >= 0.3 is 0 Å². The average Bonchev–Trinajstić information content (AvgIpc) is 2.19. The molecule has 1 rings (SSSR count). The van der Waals surface area contributed by atoms with Crippen LogP contribution in [-0.2, 0) is 16.2 Å². The zero-order valence-corrected chi connectivity index (χ0v) is 6.90. The molecule has 1 N–H and O–H groups in total. The van der Waals surface area contributed by atoms with E-state index in [1.807, 2.05) is 0 Å². The van der Waals surface area contributed by atoms with Crippen LogP contribution >= 0.6 is 0 Å². The summed E-state index contributed by atoms with van der Waals surface area (Å²) in [5.74, 6) is 0. The maximum atomic E-state index is 10.4. The minimum absolute atomic E-state index is 0.250. The molecular weight excluding hydrogens is 170 g/mol. The second-order valence-electron chi connectivity index (χ2n) is 2.39. The minimum atomic E-state index is 0.250. The molecule has 0 fully saturated rings. The van der Waals surface area contributed by atoms with Crippen LogP contribution in [0.25, 0.3) is 0 Å². The topological polar surface area (TPSA) is 55.4 Å². The standard InChI is InChI=1S/C9H9NO3/c11-5-8-2-1-3-9(4-8)6-13-10-7-12/h1-5,7H,6H2,(H,10,12). The maximum absolute atomic E-state index is 10.4. The largest absolute Gasteiger partial charge is 0.298 e. The first-order chi connectivity index (χ1) is 6.36. The summed E-state index contributed by atoms with van der Waals surface area (Å²) in [5.41, 5.74) is 3.49. The molecule has 4 heteroatoms. The van der Waals surface area contributed by atoms with Gasteiger partial charge in [-0.3, -0.25) is 14.4 Å². The van der Waals surface area contributed by atoms with Crippen molar-refractivity contribution in [2.75, 3.05) is 0 Å². The first-order valence-corrected chi connectivity index (χ1v) is 3.72. The number of amides is 1. The molecule has 13 heavy (non-hydrogen) atoms. The lowest BCUT2D eigenvalue weighted by Crippen LogP contribution is -2.11. The lowest BCUT2D eigenvalue weighted by atomic mass is 10.1. The highest BCUT2D eigenvalue weighted by Crippen LogP contribution is 2.03. The zero-order valence-electron chi connectivity index (χ0n) is 6.90. The summed E-state index contributed by atoms with van der Waals surface area (Å²) in [7, 11) is 0. The molecule has 0 bridgehead atoms. The quantitative estimate of drug-likeness (QED) is 0.410. The summed E-state index contributed by atoms with van der Waals surface area (Å²) in [5, 5.41) is 0. The van der Waals surface area contributed by atoms with E-state index in [1.54, 1.807) is 24.3 Å². The molecule has 1 amide bonds. The fraction of sp³-hybridized carbons (Fsp3) is 0.111. The first-order valence-electron chi connectivity index (χ1n) is 3.72. The molecule has 0 radical (unpaired) electrons. The molecule has 0 spiro atoms. The van der Waals surface area contributed by atoms with Crippen LogP contribution in [0.4, 0.5) is 0 Å². The third-order valence-electron chi connectivity index (χ3n) is 1.46. The van der Waals surface area contributed by atoms with Crippen molar-refractivity contribution < 1.29 is 14.4 Å². The summed E-state index contributed by atoms with van der Waals surface area (Å²) in [6.45, 7) is 0.250. The van der Waals surface area contributed by atoms with Crippen molar-refractivity contribution in [3.63, 3.8) is 0 Å². The van der Waals surface area contributed by atoms with E-state index < -0.39 is 0 Å². The van der Waals surface area contributed by atoms with Crippen molar-refractivity contribution in [2.45, 2.75) is 6.61 Å². The van der Waals surface area contributed by atoms with Crippen LogP contribution in [0.2, 0.25) is 0 Å². The van der Waals surface area contributed by atoms with E-state index in [0.29, 0.717) is 12.0 Å². The Morgan fingerprint density at radius 3 is 2.92 bits per heavy atom. The van der Waals surface area contributed by atoms with Crippen molar-refractivity contribution in [1.82, 2.24) is 5.48 Å². The van der Waals surface area contributed by atoms with Crippen molar-refractivity contribution in [1.29, 1.82) is 0 Å². The molecule has 1 aromatic carbocycles. The molecule has 0 unspecified atom stereocenters. The molecule has 0 saturated heterocycles. The van der Waals surface area contributed by atoms with Crippen LogP contribution in [-0.4, -0.2) is 12.7 Å². The van der Waals surface area contributed by atoms with Crippen LogP contribution in [0.5, 0.6) is 0 Å². The van der Waals surface area contributed by atoms with E-state index >= 15 is 0 Å². The molecular formula is C9H9NO3. The fourth-order valence-corrected chi connectivity index (χ4v) is 0.915. The van der Waals surface area contributed by atoms with E-state index in [9.17, 15) is 9.59 Å². The number of hydrogen-bond acceptors (Lipinski definition) is 3. The summed E-state index contributed by atoms with van der Waals surface area (Å²) in [6.07, 6.45) is 1.21. The second kappa shape index (κ2) is 5.05. The van der Waals surface area contributed by atoms with Gasteiger partial charge in [0.15, 0.2) is 0 Å². The van der Waals surface area contributed by atoms with Gasteiger partial charge in [0.05, 0.1) is 6.61 Å². The Hall–Kier alpha value is -1.68. The minimum Gasteiger partial charge on any atom is -0.298 e. The smallest absolute Gasteiger partial charge is 0.230 e. The Kier molecular flexibility index (Phi) is 3.66. The van der Waals surface area contributed by atoms with Crippen molar-refractivity contribution >= 4 is 12.7 Å². The van der Waals surface area contributed by atoms with Gasteiger partial charge in [-0.2, -0.15) is 0 Å². The average molecular weight is 179 g/mol. The number of hydroxylamine groups is 1. The first kappa shape index (κ1) is 9.41. The van der Waals surface area contributed by atoms with E-state index in [-0.39, 0.29) is 6.61 Å². The van der Waals surface area contributed by atoms with Gasteiger partial charge in [0, 0.05) is 5.56 Å². The number of carbonyl (C=O) groups is 2. The van der Waals surface area contributed by atoms with Crippen LogP contribution < -0.4 is 5.48 Å². The van der Waals surface area contributed by atoms with E-state index in [1.165, 1.54) is 0 Å². The van der Waals surface area contributed by atoms with Gasteiger partial charge in [0.25, 0.3) is 0 Å². The predicted molar refractivity (Wildman–Crippen MR) is 45.8 cm³/mol. The van der Waals surface area contributed by atoms with Gasteiger partial charge in [-0.15, -0.1) is 0 Å². The predicted octanol–water partition coefficient (Wildman–Crippen LogP) is 0.677. The number of hydrogen-bond donors (Lipinski definition) is 1. The van der Waals surface area contributed by atoms with Gasteiger partial charge < -0.3 is 0 Å². The Morgan fingerprint density at radius 1 is 1.38 bits per heavy atom. The molecule has 68 valence electrons. The lowest BCUT2D eigenvalue weighted by molar-refractivity contribution is -0.121. The molecule has 0 aromatic heterocycles. The molecule has 4 nitrogen and oxygen atoms in total. The third-order valence-corrected chi connectivity index (χ3v) is 1.46. The molecule has 0 atom stereocenters. The molecule has 0 saturated carbocycles. The van der Waals surface area contributed by atoms with Gasteiger partial charge in [0.2, 0.25) is 6.41 Å². The van der Waals surface area contributed by atoms with Crippen molar-refractivity contribution in [3.05, 3.63) is 35.4 Å². The summed E-state index contributed by atoms with van der Waals surface area (Å²) in [4.78, 5) is 24.9. The van der Waals surface area contributed by atoms with Crippen LogP contribution in [0.1, 0.15) is 15.9 Å². The molecule has 1 aromatic rings. The summed E-state index contributed by atoms with van der Waals surface area (Å²) in [6, 6.07) is 6.95. The third kappa shape index (κ3) is 3.04. The van der Waals surface area contributed by atoms with Gasteiger partial charge in [-0.1, -0.05) is 18.2 Å². The SMILES string of the molecule is O=CNOCc1cccc(C=O)c1. The van der Waals surface area contributed by atoms with Gasteiger partial charge in [0.1, 0.15) is 6.29 Å². The maximum Gasteiger partial charge on any atom is 0.230 e. The Balaban J connectivity index is 2.55. The number of carbonyl (C=O) groups excluding carboxylic acids is 2. The van der Waals surface area contributed by atoms with Crippen LogP contribution in [0, 0.1) is 0 Å². The summed E-state index contributed by atoms with van der Waals surface area (Å²) >= 11 is 0. The van der Waals surface area contributed by atoms with E-state index in [4.69, 9.17) is 4.84 Å².